The minimum atomic E-state index is -1.05. The number of hydrogen-bond acceptors (Lipinski definition) is 6. The summed E-state index contributed by atoms with van der Waals surface area (Å²) < 4.78 is 9.85. The normalized spacial score (nSPS) is 15.2. The Morgan fingerprint density at radius 3 is 2.27 bits per heavy atom. The molecule has 0 aliphatic heterocycles. The number of benzene rings is 1. The maximum absolute atomic E-state index is 13.1. The molecular formula is C24H35N3O6. The first-order valence-electron chi connectivity index (χ1n) is 11.4. The lowest BCUT2D eigenvalue weighted by Crippen LogP contribution is -2.56. The summed E-state index contributed by atoms with van der Waals surface area (Å²) in [5, 5.41) is 7.98. The van der Waals surface area contributed by atoms with E-state index in [9.17, 15) is 19.2 Å². The predicted octanol–water partition coefficient (Wildman–Crippen LogP) is 1.74. The molecule has 3 amide bonds. The van der Waals surface area contributed by atoms with Crippen molar-refractivity contribution in [3.05, 3.63) is 35.9 Å². The summed E-state index contributed by atoms with van der Waals surface area (Å²) in [6, 6.07) is 7.19. The van der Waals surface area contributed by atoms with Gasteiger partial charge in [-0.3, -0.25) is 14.4 Å². The van der Waals surface area contributed by atoms with Gasteiger partial charge in [0.2, 0.25) is 11.7 Å². The summed E-state index contributed by atoms with van der Waals surface area (Å²) in [6.45, 7) is 4.11. The molecule has 2 atom stereocenters. The zero-order valence-electron chi connectivity index (χ0n) is 19.6. The Kier molecular flexibility index (Phi) is 10.8. The maximum atomic E-state index is 13.1. The average molecular weight is 462 g/mol. The van der Waals surface area contributed by atoms with E-state index in [2.05, 4.69) is 16.0 Å². The van der Waals surface area contributed by atoms with Gasteiger partial charge in [-0.1, -0.05) is 44.2 Å². The summed E-state index contributed by atoms with van der Waals surface area (Å²) in [7, 11) is 1.49. The first-order valence-corrected chi connectivity index (χ1v) is 11.4. The fourth-order valence-corrected chi connectivity index (χ4v) is 3.40. The van der Waals surface area contributed by atoms with Crippen molar-refractivity contribution in [3.8, 4) is 0 Å². The van der Waals surface area contributed by atoms with Crippen molar-refractivity contribution in [2.24, 2.45) is 5.92 Å². The molecule has 1 aromatic carbocycles. The fourth-order valence-electron chi connectivity index (χ4n) is 3.40. The number of Topliss-reactive ketones (excluding diaryl/α,β-unsaturated/α-hetero) is 1. The molecule has 0 radical (unpaired) electrons. The monoisotopic (exact) mass is 461 g/mol. The van der Waals surface area contributed by atoms with Crippen LogP contribution in [-0.2, 0) is 30.3 Å². The van der Waals surface area contributed by atoms with Crippen molar-refractivity contribution >= 4 is 23.7 Å². The number of rotatable bonds is 13. The molecule has 3 N–H and O–H groups in total. The van der Waals surface area contributed by atoms with Crippen LogP contribution in [0.25, 0.3) is 0 Å². The molecule has 1 aliphatic carbocycles. The quantitative estimate of drug-likeness (QED) is 0.304. The number of ketones is 1. The molecule has 0 heterocycles. The summed E-state index contributed by atoms with van der Waals surface area (Å²) in [5.41, 5.74) is 0.805. The standard InChI is InChI=1S/C24H35N3O6/c1-16(2)14-20(27-24(31)33-13-12-32-3)22(29)26-19(15-17-8-5-4-6-9-17)21(28)23(30)25-18-10-7-11-18/h4-6,8-9,16,18-20H,7,10-15H2,1-3H3,(H,25,30)(H,26,29)(H,27,31)/t19-,20-/m0/s1. The number of nitrogens with one attached hydrogen (secondary N) is 3. The Bertz CT molecular complexity index is 795. The van der Waals surface area contributed by atoms with Gasteiger partial charge in [0.05, 0.1) is 6.61 Å². The molecule has 0 spiro atoms. The van der Waals surface area contributed by atoms with Crippen molar-refractivity contribution in [1.82, 2.24) is 16.0 Å². The van der Waals surface area contributed by atoms with Crippen molar-refractivity contribution in [1.29, 1.82) is 0 Å². The van der Waals surface area contributed by atoms with E-state index < -0.39 is 35.8 Å². The number of methoxy groups -OCH3 is 1. The minimum Gasteiger partial charge on any atom is -0.447 e. The number of amides is 3. The third kappa shape index (κ3) is 9.21. The van der Waals surface area contributed by atoms with Gasteiger partial charge in [-0.05, 0) is 37.2 Å². The van der Waals surface area contributed by atoms with E-state index in [1.165, 1.54) is 7.11 Å². The van der Waals surface area contributed by atoms with E-state index in [0.717, 1.165) is 24.8 Å². The molecule has 1 aliphatic rings. The molecule has 182 valence electrons. The number of carbonyl (C=O) groups is 4. The lowest BCUT2D eigenvalue weighted by molar-refractivity contribution is -0.141. The summed E-state index contributed by atoms with van der Waals surface area (Å²) in [5.74, 6) is -1.86. The van der Waals surface area contributed by atoms with Gasteiger partial charge < -0.3 is 25.4 Å². The van der Waals surface area contributed by atoms with E-state index in [4.69, 9.17) is 9.47 Å². The largest absolute Gasteiger partial charge is 0.447 e. The van der Waals surface area contributed by atoms with Crippen molar-refractivity contribution in [2.45, 2.75) is 64.1 Å². The molecule has 0 unspecified atom stereocenters. The Labute approximate surface area is 195 Å². The first-order chi connectivity index (χ1) is 15.8. The molecule has 9 nitrogen and oxygen atoms in total. The lowest BCUT2D eigenvalue weighted by Gasteiger charge is -2.27. The van der Waals surface area contributed by atoms with Crippen LogP contribution < -0.4 is 16.0 Å². The van der Waals surface area contributed by atoms with E-state index in [1.54, 1.807) is 0 Å². The predicted molar refractivity (Wildman–Crippen MR) is 122 cm³/mol. The van der Waals surface area contributed by atoms with Crippen molar-refractivity contribution in [2.75, 3.05) is 20.3 Å². The third-order valence-corrected chi connectivity index (χ3v) is 5.42. The van der Waals surface area contributed by atoms with Gasteiger partial charge in [0.25, 0.3) is 5.91 Å². The second-order valence-corrected chi connectivity index (χ2v) is 8.67. The topological polar surface area (TPSA) is 123 Å². The van der Waals surface area contributed by atoms with Gasteiger partial charge in [-0.25, -0.2) is 4.79 Å². The lowest BCUT2D eigenvalue weighted by atomic mass is 9.92. The number of alkyl carbamates (subject to hydrolysis) is 1. The van der Waals surface area contributed by atoms with Crippen LogP contribution in [0.15, 0.2) is 30.3 Å². The summed E-state index contributed by atoms with van der Waals surface area (Å²) in [6.07, 6.45) is 2.47. The van der Waals surface area contributed by atoms with E-state index in [-0.39, 0.29) is 31.6 Å². The molecule has 0 bridgehead atoms. The first kappa shape index (κ1) is 26.3. The third-order valence-electron chi connectivity index (χ3n) is 5.42. The van der Waals surface area contributed by atoms with Gasteiger partial charge in [0, 0.05) is 19.6 Å². The maximum Gasteiger partial charge on any atom is 0.407 e. The van der Waals surface area contributed by atoms with Crippen LogP contribution >= 0.6 is 0 Å². The molecule has 1 aromatic rings. The highest BCUT2D eigenvalue weighted by molar-refractivity contribution is 6.38. The van der Waals surface area contributed by atoms with E-state index in [0.29, 0.717) is 6.42 Å². The minimum absolute atomic E-state index is 0.00625. The zero-order chi connectivity index (χ0) is 24.2. The molecular weight excluding hydrogens is 426 g/mol. The smallest absolute Gasteiger partial charge is 0.407 e. The Morgan fingerprint density at radius 2 is 1.70 bits per heavy atom. The Balaban J connectivity index is 2.10. The van der Waals surface area contributed by atoms with Crippen molar-refractivity contribution < 1.29 is 28.7 Å². The molecule has 2 rings (SSSR count). The Morgan fingerprint density at radius 1 is 1.00 bits per heavy atom. The van der Waals surface area contributed by atoms with Gasteiger partial charge in [-0.15, -0.1) is 0 Å². The SMILES string of the molecule is COCCOC(=O)N[C@@H](CC(C)C)C(=O)N[C@@H](Cc1ccccc1)C(=O)C(=O)NC1CCC1. The van der Waals surface area contributed by atoms with Gasteiger partial charge in [0.1, 0.15) is 18.7 Å². The zero-order valence-corrected chi connectivity index (χ0v) is 19.6. The molecule has 1 fully saturated rings. The van der Waals surface area contributed by atoms with Crippen LogP contribution in [-0.4, -0.2) is 62.1 Å². The molecule has 0 aromatic heterocycles. The van der Waals surface area contributed by atoms with Gasteiger partial charge >= 0.3 is 6.09 Å². The number of ether oxygens (including phenoxy) is 2. The van der Waals surface area contributed by atoms with Crippen LogP contribution in [0.3, 0.4) is 0 Å². The second kappa shape index (κ2) is 13.6. The molecule has 33 heavy (non-hydrogen) atoms. The fraction of sp³-hybridized carbons (Fsp3) is 0.583. The summed E-state index contributed by atoms with van der Waals surface area (Å²) >= 11 is 0. The molecule has 9 heteroatoms. The number of hydrogen-bond donors (Lipinski definition) is 3. The van der Waals surface area contributed by atoms with Crippen LogP contribution in [0.4, 0.5) is 4.79 Å². The van der Waals surface area contributed by atoms with Crippen LogP contribution in [0.1, 0.15) is 45.1 Å². The van der Waals surface area contributed by atoms with E-state index >= 15 is 0 Å². The molecule has 0 saturated heterocycles. The van der Waals surface area contributed by atoms with Crippen LogP contribution in [0, 0.1) is 5.92 Å². The summed E-state index contributed by atoms with van der Waals surface area (Å²) in [4.78, 5) is 50.6. The van der Waals surface area contributed by atoms with Crippen LogP contribution in [0.5, 0.6) is 0 Å². The van der Waals surface area contributed by atoms with Gasteiger partial charge in [-0.2, -0.15) is 0 Å². The second-order valence-electron chi connectivity index (χ2n) is 8.67. The number of carbonyl (C=O) groups excluding carboxylic acids is 4. The van der Waals surface area contributed by atoms with Crippen molar-refractivity contribution in [3.63, 3.8) is 0 Å². The van der Waals surface area contributed by atoms with Crippen LogP contribution in [0.2, 0.25) is 0 Å². The Hall–Kier alpha value is -2.94. The highest BCUT2D eigenvalue weighted by atomic mass is 16.6. The average Bonchev–Trinajstić information content (AvgIpc) is 2.75. The van der Waals surface area contributed by atoms with E-state index in [1.807, 2.05) is 44.2 Å². The molecule has 1 saturated carbocycles. The highest BCUT2D eigenvalue weighted by Crippen LogP contribution is 2.18. The van der Waals surface area contributed by atoms with Gasteiger partial charge in [0.15, 0.2) is 0 Å². The highest BCUT2D eigenvalue weighted by Gasteiger charge is 2.32.